The molecule has 25 heavy (non-hydrogen) atoms. The van der Waals surface area contributed by atoms with Crippen molar-refractivity contribution in [1.82, 2.24) is 9.88 Å². The van der Waals surface area contributed by atoms with E-state index in [1.807, 2.05) is 42.0 Å². The highest BCUT2D eigenvalue weighted by Crippen LogP contribution is 2.20. The van der Waals surface area contributed by atoms with Crippen molar-refractivity contribution in [3.8, 4) is 0 Å². The molecule has 2 heterocycles. The lowest BCUT2D eigenvalue weighted by Crippen LogP contribution is -2.31. The molecule has 4 nitrogen and oxygen atoms in total. The van der Waals surface area contributed by atoms with E-state index in [0.29, 0.717) is 17.0 Å². The molecule has 0 spiro atoms. The number of thiophene rings is 1. The zero-order valence-corrected chi connectivity index (χ0v) is 15.7. The van der Waals surface area contributed by atoms with Crippen LogP contribution in [0.4, 0.5) is 0 Å². The minimum Gasteiger partial charge on any atom is -0.352 e. The van der Waals surface area contributed by atoms with Crippen molar-refractivity contribution in [2.75, 3.05) is 6.54 Å². The predicted octanol–water partition coefficient (Wildman–Crippen LogP) is 4.27. The highest BCUT2D eigenvalue weighted by Gasteiger charge is 2.16. The Morgan fingerprint density at radius 2 is 2.12 bits per heavy atom. The second-order valence-electron chi connectivity index (χ2n) is 6.12. The number of halogens is 1. The number of rotatable bonds is 5. The summed E-state index contributed by atoms with van der Waals surface area (Å²) in [5, 5.41) is 5.80. The van der Waals surface area contributed by atoms with Crippen LogP contribution in [-0.2, 0) is 6.42 Å². The number of carbonyl (C=O) groups is 1. The van der Waals surface area contributed by atoms with Gasteiger partial charge in [0.15, 0.2) is 0 Å². The van der Waals surface area contributed by atoms with E-state index in [1.54, 1.807) is 29.7 Å². The van der Waals surface area contributed by atoms with Crippen molar-refractivity contribution in [2.24, 2.45) is 0 Å². The molecule has 6 heteroatoms. The Kier molecular flexibility index (Phi) is 5.25. The fourth-order valence-electron chi connectivity index (χ4n) is 2.77. The zero-order chi connectivity index (χ0) is 18.0. The van der Waals surface area contributed by atoms with Crippen LogP contribution in [0.5, 0.6) is 0 Å². The standard InChI is InChI=1S/C19H19ClN2O2S/c1-12(2)22-11-16(18(23)15-10-13(20)5-6-17(15)22)19(24)21-8-7-14-4-3-9-25-14/h3-6,9-12H,7-8H2,1-2H3,(H,21,24). The van der Waals surface area contributed by atoms with Crippen LogP contribution in [0.25, 0.3) is 10.9 Å². The van der Waals surface area contributed by atoms with E-state index in [4.69, 9.17) is 11.6 Å². The molecule has 2 aromatic heterocycles. The van der Waals surface area contributed by atoms with Gasteiger partial charge in [0.1, 0.15) is 5.56 Å². The van der Waals surface area contributed by atoms with Crippen molar-refractivity contribution >= 4 is 39.7 Å². The first-order valence-corrected chi connectivity index (χ1v) is 9.38. The topological polar surface area (TPSA) is 51.1 Å². The molecule has 1 N–H and O–H groups in total. The van der Waals surface area contributed by atoms with Crippen LogP contribution in [0, 0.1) is 0 Å². The summed E-state index contributed by atoms with van der Waals surface area (Å²) in [5.74, 6) is -0.349. The maximum atomic E-state index is 12.8. The third-order valence-electron chi connectivity index (χ3n) is 4.03. The van der Waals surface area contributed by atoms with E-state index >= 15 is 0 Å². The average molecular weight is 375 g/mol. The van der Waals surface area contributed by atoms with Gasteiger partial charge in [0, 0.05) is 34.1 Å². The molecule has 0 radical (unpaired) electrons. The van der Waals surface area contributed by atoms with Crippen molar-refractivity contribution in [3.63, 3.8) is 0 Å². The molecule has 0 fully saturated rings. The molecule has 0 atom stereocenters. The Bertz CT molecular complexity index is 961. The molecule has 1 amide bonds. The van der Waals surface area contributed by atoms with Crippen molar-refractivity contribution < 1.29 is 4.79 Å². The van der Waals surface area contributed by atoms with Crippen molar-refractivity contribution in [3.05, 3.63) is 67.6 Å². The summed E-state index contributed by atoms with van der Waals surface area (Å²) in [7, 11) is 0. The fourth-order valence-corrected chi connectivity index (χ4v) is 3.65. The van der Waals surface area contributed by atoms with Gasteiger partial charge in [-0.1, -0.05) is 17.7 Å². The smallest absolute Gasteiger partial charge is 0.256 e. The van der Waals surface area contributed by atoms with E-state index in [2.05, 4.69) is 5.32 Å². The number of nitrogens with zero attached hydrogens (tertiary/aromatic N) is 1. The molecular formula is C19H19ClN2O2S. The van der Waals surface area contributed by atoms with Gasteiger partial charge >= 0.3 is 0 Å². The molecular weight excluding hydrogens is 356 g/mol. The maximum absolute atomic E-state index is 12.8. The second-order valence-corrected chi connectivity index (χ2v) is 7.59. The minimum atomic E-state index is -0.349. The van der Waals surface area contributed by atoms with Crippen molar-refractivity contribution in [2.45, 2.75) is 26.3 Å². The van der Waals surface area contributed by atoms with Crippen molar-refractivity contribution in [1.29, 1.82) is 0 Å². The molecule has 0 aliphatic heterocycles. The molecule has 0 aliphatic rings. The molecule has 0 saturated heterocycles. The molecule has 0 aliphatic carbocycles. The number of nitrogens with one attached hydrogen (secondary N) is 1. The summed E-state index contributed by atoms with van der Waals surface area (Å²) in [6.45, 7) is 4.52. The molecule has 3 aromatic rings. The van der Waals surface area contributed by atoms with Crippen LogP contribution in [0.15, 0.2) is 46.7 Å². The number of carbonyl (C=O) groups excluding carboxylic acids is 1. The van der Waals surface area contributed by atoms with Gasteiger partial charge in [-0.25, -0.2) is 0 Å². The quantitative estimate of drug-likeness (QED) is 0.725. The summed E-state index contributed by atoms with van der Waals surface area (Å²) >= 11 is 7.70. The van der Waals surface area contributed by atoms with Gasteiger partial charge in [-0.05, 0) is 49.9 Å². The zero-order valence-electron chi connectivity index (χ0n) is 14.1. The Balaban J connectivity index is 1.93. The van der Waals surface area contributed by atoms with Crippen LogP contribution in [0.2, 0.25) is 5.02 Å². The number of benzene rings is 1. The summed E-state index contributed by atoms with van der Waals surface area (Å²) < 4.78 is 1.93. The third-order valence-corrected chi connectivity index (χ3v) is 5.20. The molecule has 0 saturated carbocycles. The summed E-state index contributed by atoms with van der Waals surface area (Å²) in [6, 6.07) is 9.32. The number of aromatic nitrogens is 1. The van der Waals surface area contributed by atoms with E-state index in [1.165, 1.54) is 4.88 Å². The number of pyridine rings is 1. The number of fused-ring (bicyclic) bond motifs is 1. The lowest BCUT2D eigenvalue weighted by molar-refractivity contribution is 0.0952. The van der Waals surface area contributed by atoms with Gasteiger partial charge in [0.2, 0.25) is 5.43 Å². The predicted molar refractivity (Wildman–Crippen MR) is 104 cm³/mol. The van der Waals surface area contributed by atoms with E-state index < -0.39 is 0 Å². The van der Waals surface area contributed by atoms with E-state index in [9.17, 15) is 9.59 Å². The van der Waals surface area contributed by atoms with Gasteiger partial charge in [0.25, 0.3) is 5.91 Å². The molecule has 0 unspecified atom stereocenters. The largest absolute Gasteiger partial charge is 0.352 e. The van der Waals surface area contributed by atoms with E-state index in [-0.39, 0.29) is 22.9 Å². The molecule has 0 bridgehead atoms. The normalized spacial score (nSPS) is 11.2. The molecule has 3 rings (SSSR count). The highest BCUT2D eigenvalue weighted by atomic mass is 35.5. The first kappa shape index (κ1) is 17.7. The van der Waals surface area contributed by atoms with Crippen LogP contribution >= 0.6 is 22.9 Å². The van der Waals surface area contributed by atoms with Gasteiger partial charge in [-0.15, -0.1) is 11.3 Å². The average Bonchev–Trinajstić information content (AvgIpc) is 3.08. The monoisotopic (exact) mass is 374 g/mol. The number of amides is 1. The van der Waals surface area contributed by atoms with Crippen LogP contribution in [-0.4, -0.2) is 17.0 Å². The van der Waals surface area contributed by atoms with Gasteiger partial charge in [0.05, 0.1) is 5.52 Å². The summed E-state index contributed by atoms with van der Waals surface area (Å²) in [6.07, 6.45) is 2.39. The lowest BCUT2D eigenvalue weighted by Gasteiger charge is -2.17. The van der Waals surface area contributed by atoms with Crippen LogP contribution < -0.4 is 10.7 Å². The van der Waals surface area contributed by atoms with Gasteiger partial charge in [-0.2, -0.15) is 0 Å². The first-order valence-electron chi connectivity index (χ1n) is 8.12. The number of hydrogen-bond donors (Lipinski definition) is 1. The van der Waals surface area contributed by atoms with Gasteiger partial charge in [-0.3, -0.25) is 9.59 Å². The fraction of sp³-hybridized carbons (Fsp3) is 0.263. The summed E-state index contributed by atoms with van der Waals surface area (Å²) in [4.78, 5) is 26.5. The van der Waals surface area contributed by atoms with Crippen LogP contribution in [0.1, 0.15) is 35.1 Å². The van der Waals surface area contributed by atoms with Crippen LogP contribution in [0.3, 0.4) is 0 Å². The second kappa shape index (κ2) is 7.42. The SMILES string of the molecule is CC(C)n1cc(C(=O)NCCc2cccs2)c(=O)c2cc(Cl)ccc21. The maximum Gasteiger partial charge on any atom is 0.256 e. The van der Waals surface area contributed by atoms with E-state index in [0.717, 1.165) is 11.9 Å². The van der Waals surface area contributed by atoms with Gasteiger partial charge < -0.3 is 9.88 Å². The third kappa shape index (κ3) is 3.78. The Morgan fingerprint density at radius 1 is 1.32 bits per heavy atom. The lowest BCUT2D eigenvalue weighted by atomic mass is 10.1. The Hall–Kier alpha value is -2.11. The Labute approximate surface area is 155 Å². The molecule has 1 aromatic carbocycles. The highest BCUT2D eigenvalue weighted by molar-refractivity contribution is 7.09. The molecule has 130 valence electrons. The first-order chi connectivity index (χ1) is 12.0. The number of hydrogen-bond acceptors (Lipinski definition) is 3. The Morgan fingerprint density at radius 3 is 2.80 bits per heavy atom. The minimum absolute atomic E-state index is 0.113. The summed E-state index contributed by atoms with van der Waals surface area (Å²) in [5.41, 5.74) is 0.636.